The topological polar surface area (TPSA) is 74.7 Å². The van der Waals surface area contributed by atoms with Gasteiger partial charge < -0.3 is 10.0 Å². The molecule has 0 aromatic heterocycles. The minimum Gasteiger partial charge on any atom is -0.480 e. The molecule has 0 atom stereocenters. The van der Waals surface area contributed by atoms with Crippen LogP contribution in [0.15, 0.2) is 65.0 Å². The molecular formula is C29H31NO4. The van der Waals surface area contributed by atoms with Crippen molar-refractivity contribution in [3.05, 3.63) is 70.6 Å². The maximum Gasteiger partial charge on any atom is 0.323 e. The van der Waals surface area contributed by atoms with Gasteiger partial charge in [-0.25, -0.2) is 0 Å². The van der Waals surface area contributed by atoms with Gasteiger partial charge in [0, 0.05) is 41.3 Å². The average molecular weight is 458 g/mol. The van der Waals surface area contributed by atoms with Crippen LogP contribution in [0.3, 0.4) is 0 Å². The molecule has 5 nitrogen and oxygen atoms in total. The number of carbonyl (C=O) groups excluding carboxylic acids is 2. The third-order valence-corrected chi connectivity index (χ3v) is 7.45. The molecule has 0 fully saturated rings. The molecular weight excluding hydrogens is 426 g/mol. The van der Waals surface area contributed by atoms with Crippen LogP contribution < -0.4 is 0 Å². The summed E-state index contributed by atoms with van der Waals surface area (Å²) in [5, 5.41) is 11.9. The Morgan fingerprint density at radius 2 is 1.38 bits per heavy atom. The molecule has 5 heteroatoms. The monoisotopic (exact) mass is 457 g/mol. The average Bonchev–Trinajstić information content (AvgIpc) is 2.72. The van der Waals surface area contributed by atoms with E-state index in [0.717, 1.165) is 27.7 Å². The molecule has 0 bridgehead atoms. The van der Waals surface area contributed by atoms with E-state index in [1.807, 2.05) is 42.5 Å². The summed E-state index contributed by atoms with van der Waals surface area (Å²) in [6.45, 7) is 7.98. The second-order valence-electron chi connectivity index (χ2n) is 11.6. The van der Waals surface area contributed by atoms with Crippen molar-refractivity contribution in [3.8, 4) is 0 Å². The van der Waals surface area contributed by atoms with E-state index in [-0.39, 0.29) is 28.9 Å². The maximum atomic E-state index is 13.7. The highest BCUT2D eigenvalue weighted by Gasteiger charge is 2.49. The Bertz CT molecular complexity index is 1250. The van der Waals surface area contributed by atoms with Gasteiger partial charge in [0.05, 0.1) is 0 Å². The number of benzene rings is 2. The molecule has 2 aromatic carbocycles. The smallest absolute Gasteiger partial charge is 0.323 e. The lowest BCUT2D eigenvalue weighted by atomic mass is 9.63. The van der Waals surface area contributed by atoms with Crippen molar-refractivity contribution < 1.29 is 19.5 Å². The highest BCUT2D eigenvalue weighted by atomic mass is 16.4. The lowest BCUT2D eigenvalue weighted by Gasteiger charge is -2.48. The first-order valence-corrected chi connectivity index (χ1v) is 12.0. The molecule has 34 heavy (non-hydrogen) atoms. The van der Waals surface area contributed by atoms with Gasteiger partial charge in [0.2, 0.25) is 0 Å². The number of hydrogen-bond donors (Lipinski definition) is 1. The second-order valence-corrected chi connectivity index (χ2v) is 11.6. The van der Waals surface area contributed by atoms with E-state index in [1.165, 1.54) is 0 Å². The number of carboxylic acid groups (broad SMARTS) is 1. The molecule has 1 heterocycles. The minimum atomic E-state index is -0.964. The Balaban J connectivity index is 1.84. The van der Waals surface area contributed by atoms with Crippen molar-refractivity contribution in [1.82, 2.24) is 4.90 Å². The molecule has 0 saturated carbocycles. The van der Waals surface area contributed by atoms with Crippen LogP contribution in [-0.2, 0) is 14.4 Å². The lowest BCUT2D eigenvalue weighted by Crippen LogP contribution is -2.45. The molecule has 0 amide bonds. The largest absolute Gasteiger partial charge is 0.480 e. The zero-order chi connectivity index (χ0) is 24.4. The lowest BCUT2D eigenvalue weighted by molar-refractivity contribution is -0.138. The van der Waals surface area contributed by atoms with E-state index in [4.69, 9.17) is 0 Å². The van der Waals surface area contributed by atoms with Crippen LogP contribution in [0.25, 0.3) is 10.8 Å². The van der Waals surface area contributed by atoms with Gasteiger partial charge in [-0.15, -0.1) is 0 Å². The van der Waals surface area contributed by atoms with Gasteiger partial charge in [0.25, 0.3) is 0 Å². The number of ketones is 2. The van der Waals surface area contributed by atoms with E-state index in [1.54, 1.807) is 4.90 Å². The number of nitrogens with zero attached hydrogens (tertiary/aromatic N) is 1. The maximum absolute atomic E-state index is 13.7. The molecule has 0 unspecified atom stereocenters. The zero-order valence-electron chi connectivity index (χ0n) is 20.3. The van der Waals surface area contributed by atoms with Gasteiger partial charge in [0.1, 0.15) is 6.54 Å². The van der Waals surface area contributed by atoms with Crippen LogP contribution in [-0.4, -0.2) is 34.1 Å². The predicted octanol–water partition coefficient (Wildman–Crippen LogP) is 5.61. The fourth-order valence-electron chi connectivity index (χ4n) is 6.19. The fraction of sp³-hybridized carbons (Fsp3) is 0.414. The number of fused-ring (bicyclic) bond motifs is 1. The van der Waals surface area contributed by atoms with Gasteiger partial charge in [-0.1, -0.05) is 70.2 Å². The first-order valence-electron chi connectivity index (χ1n) is 12.0. The van der Waals surface area contributed by atoms with Crippen LogP contribution in [0, 0.1) is 10.8 Å². The van der Waals surface area contributed by atoms with E-state index in [2.05, 4.69) is 27.7 Å². The summed E-state index contributed by atoms with van der Waals surface area (Å²) in [5.41, 5.74) is 3.20. The molecule has 2 aliphatic carbocycles. The molecule has 5 rings (SSSR count). The van der Waals surface area contributed by atoms with Gasteiger partial charge in [0.15, 0.2) is 11.6 Å². The Hall–Kier alpha value is -3.21. The first kappa shape index (κ1) is 22.6. The SMILES string of the molecule is CC1(C)CC(=O)C2=C(C1)N(CC(=O)O)C1=C(C(=O)CC(C)(C)C1)C2c1cccc2ccccc12. The molecule has 0 radical (unpaired) electrons. The summed E-state index contributed by atoms with van der Waals surface area (Å²) in [7, 11) is 0. The summed E-state index contributed by atoms with van der Waals surface area (Å²) < 4.78 is 0. The first-order chi connectivity index (χ1) is 16.0. The number of hydrogen-bond acceptors (Lipinski definition) is 4. The summed E-state index contributed by atoms with van der Waals surface area (Å²) in [6.07, 6.45) is 1.98. The molecule has 1 aliphatic heterocycles. The molecule has 1 N–H and O–H groups in total. The van der Waals surface area contributed by atoms with Crippen LogP contribution in [0.4, 0.5) is 0 Å². The highest BCUT2D eigenvalue weighted by Crippen LogP contribution is 2.55. The van der Waals surface area contributed by atoms with Crippen molar-refractivity contribution in [1.29, 1.82) is 0 Å². The summed E-state index contributed by atoms with van der Waals surface area (Å²) >= 11 is 0. The van der Waals surface area contributed by atoms with Gasteiger partial charge in [-0.05, 0) is 40.0 Å². The van der Waals surface area contributed by atoms with Gasteiger partial charge in [-0.2, -0.15) is 0 Å². The Morgan fingerprint density at radius 3 is 1.94 bits per heavy atom. The van der Waals surface area contributed by atoms with Crippen LogP contribution in [0.5, 0.6) is 0 Å². The Labute approximate surface area is 200 Å². The van der Waals surface area contributed by atoms with Gasteiger partial charge in [-0.3, -0.25) is 14.4 Å². The van der Waals surface area contributed by atoms with Crippen molar-refractivity contribution in [2.75, 3.05) is 6.54 Å². The molecule has 176 valence electrons. The Morgan fingerprint density at radius 1 is 0.853 bits per heavy atom. The molecule has 3 aliphatic rings. The standard InChI is InChI=1S/C29H31NO4/c1-28(2)12-20-26(22(31)14-28)25(19-11-7-9-17-8-5-6-10-18(17)19)27-21(30(20)16-24(33)34)13-29(3,4)15-23(27)32/h5-11,25H,12-16H2,1-4H3,(H,33,34). The fourth-order valence-corrected chi connectivity index (χ4v) is 6.19. The predicted molar refractivity (Wildman–Crippen MR) is 131 cm³/mol. The van der Waals surface area contributed by atoms with E-state index >= 15 is 0 Å². The van der Waals surface area contributed by atoms with Crippen LogP contribution in [0.1, 0.15) is 64.9 Å². The quantitative estimate of drug-likeness (QED) is 0.648. The summed E-state index contributed by atoms with van der Waals surface area (Å²) in [6, 6.07) is 14.1. The molecule has 0 saturated heterocycles. The number of rotatable bonds is 3. The van der Waals surface area contributed by atoms with Crippen molar-refractivity contribution in [2.45, 2.75) is 59.3 Å². The van der Waals surface area contributed by atoms with Crippen LogP contribution in [0.2, 0.25) is 0 Å². The number of carbonyl (C=O) groups is 3. The van der Waals surface area contributed by atoms with Crippen molar-refractivity contribution in [2.24, 2.45) is 10.8 Å². The van der Waals surface area contributed by atoms with Gasteiger partial charge >= 0.3 is 5.97 Å². The van der Waals surface area contributed by atoms with Crippen LogP contribution >= 0.6 is 0 Å². The zero-order valence-corrected chi connectivity index (χ0v) is 20.3. The highest BCUT2D eigenvalue weighted by molar-refractivity contribution is 6.08. The number of Topliss-reactive ketones (excluding diaryl/α,β-unsaturated/α-hetero) is 2. The van der Waals surface area contributed by atoms with E-state index < -0.39 is 11.9 Å². The van der Waals surface area contributed by atoms with E-state index in [9.17, 15) is 19.5 Å². The summed E-state index contributed by atoms with van der Waals surface area (Å²) in [4.78, 5) is 41.2. The van der Waals surface area contributed by atoms with E-state index in [0.29, 0.717) is 36.8 Å². The summed E-state index contributed by atoms with van der Waals surface area (Å²) in [5.74, 6) is -1.39. The Kier molecular flexibility index (Phi) is 5.08. The molecule has 0 spiro atoms. The minimum absolute atomic E-state index is 0.0174. The molecule has 2 aromatic rings. The number of aliphatic carboxylic acids is 1. The number of allylic oxidation sites excluding steroid dienone is 4. The third-order valence-electron chi connectivity index (χ3n) is 7.45. The normalized spacial score (nSPS) is 22.2. The second kappa shape index (κ2) is 7.66. The van der Waals surface area contributed by atoms with Crippen molar-refractivity contribution in [3.63, 3.8) is 0 Å². The third kappa shape index (κ3) is 3.67. The van der Waals surface area contributed by atoms with Crippen molar-refractivity contribution >= 4 is 28.3 Å². The number of carboxylic acids is 1.